The van der Waals surface area contributed by atoms with Crippen LogP contribution < -0.4 is 0 Å². The van der Waals surface area contributed by atoms with Gasteiger partial charge in [0.15, 0.2) is 0 Å². The Kier molecular flexibility index (Phi) is 8.05. The van der Waals surface area contributed by atoms with Gasteiger partial charge in [0.25, 0.3) is 0 Å². The normalized spacial score (nSPS) is 9.20. The molecule has 0 saturated heterocycles. The summed E-state index contributed by atoms with van der Waals surface area (Å²) in [5.74, 6) is 0. The van der Waals surface area contributed by atoms with Gasteiger partial charge in [0.2, 0.25) is 0 Å². The fraction of sp³-hybridized carbons (Fsp3) is 0.667. The molecule has 9 heteroatoms. The third-order valence-corrected chi connectivity index (χ3v) is 0.739. The third-order valence-electron chi connectivity index (χ3n) is 0.739. The molecule has 0 fully saturated rings. The van der Waals surface area contributed by atoms with Crippen molar-refractivity contribution < 1.29 is 44.0 Å². The molecule has 15 heavy (non-hydrogen) atoms. The van der Waals surface area contributed by atoms with Gasteiger partial charge in [-0.05, 0) is 13.8 Å². The van der Waals surface area contributed by atoms with E-state index < -0.39 is 12.3 Å². The van der Waals surface area contributed by atoms with E-state index in [1.807, 2.05) is 0 Å². The summed E-state index contributed by atoms with van der Waals surface area (Å²) in [7, 11) is 0. The molecular formula is C6H10O9. The SMILES string of the molecule is CCOOC(=O)OOOOC(=O)OCC. The Hall–Kier alpha value is -1.58. The van der Waals surface area contributed by atoms with Crippen molar-refractivity contribution in [2.24, 2.45) is 0 Å². The standard InChI is InChI=1S/C6H10O9/c1-3-9-5(7)12-14-15-13-6(8)11-10-4-2/h3-4H2,1-2H3. The van der Waals surface area contributed by atoms with Gasteiger partial charge in [-0.25, -0.2) is 14.6 Å². The Bertz CT molecular complexity index is 191. The van der Waals surface area contributed by atoms with Crippen LogP contribution >= 0.6 is 0 Å². The van der Waals surface area contributed by atoms with Crippen molar-refractivity contribution in [3.8, 4) is 0 Å². The van der Waals surface area contributed by atoms with Crippen molar-refractivity contribution in [1.82, 2.24) is 0 Å². The second kappa shape index (κ2) is 8.99. The molecule has 0 heterocycles. The first-order valence-corrected chi connectivity index (χ1v) is 3.88. The van der Waals surface area contributed by atoms with Crippen LogP contribution in [0.25, 0.3) is 0 Å². The number of carbonyl (C=O) groups excluding carboxylic acids is 2. The second-order valence-corrected chi connectivity index (χ2v) is 1.73. The Morgan fingerprint density at radius 1 is 0.867 bits per heavy atom. The number of carbonyl (C=O) groups is 2. The molecule has 0 N–H and O–H groups in total. The molecule has 0 aromatic carbocycles. The largest absolute Gasteiger partial charge is 0.575 e. The summed E-state index contributed by atoms with van der Waals surface area (Å²) in [6, 6.07) is 0. The number of hydrogen-bond acceptors (Lipinski definition) is 9. The molecule has 0 aliphatic heterocycles. The predicted molar refractivity (Wildman–Crippen MR) is 39.5 cm³/mol. The van der Waals surface area contributed by atoms with E-state index in [-0.39, 0.29) is 13.2 Å². The highest BCUT2D eigenvalue weighted by atomic mass is 17.7. The van der Waals surface area contributed by atoms with E-state index >= 15 is 0 Å². The molecule has 0 saturated carbocycles. The van der Waals surface area contributed by atoms with Crippen molar-refractivity contribution in [3.05, 3.63) is 0 Å². The number of hydrogen-bond donors (Lipinski definition) is 0. The van der Waals surface area contributed by atoms with Crippen molar-refractivity contribution >= 4 is 12.3 Å². The molecule has 0 aliphatic carbocycles. The zero-order valence-electron chi connectivity index (χ0n) is 8.09. The van der Waals surface area contributed by atoms with E-state index in [1.165, 1.54) is 0 Å². The zero-order chi connectivity index (χ0) is 11.5. The van der Waals surface area contributed by atoms with Gasteiger partial charge in [-0.1, -0.05) is 0 Å². The fourth-order valence-corrected chi connectivity index (χ4v) is 0.346. The summed E-state index contributed by atoms with van der Waals surface area (Å²) in [6.07, 6.45) is -2.48. The van der Waals surface area contributed by atoms with E-state index in [1.54, 1.807) is 13.8 Å². The van der Waals surface area contributed by atoms with Crippen LogP contribution in [0.1, 0.15) is 13.8 Å². The van der Waals surface area contributed by atoms with Crippen LogP contribution in [0, 0.1) is 0 Å². The first-order chi connectivity index (χ1) is 7.20. The average Bonchev–Trinajstić information content (AvgIpc) is 2.22. The molecule has 0 atom stereocenters. The van der Waals surface area contributed by atoms with E-state index in [0.29, 0.717) is 0 Å². The summed E-state index contributed by atoms with van der Waals surface area (Å²) in [5.41, 5.74) is 0. The predicted octanol–water partition coefficient (Wildman–Crippen LogP) is 1.04. The Balaban J connectivity index is 3.30. The van der Waals surface area contributed by atoms with Gasteiger partial charge in [0, 0.05) is 10.1 Å². The summed E-state index contributed by atoms with van der Waals surface area (Å²) in [4.78, 5) is 36.4. The monoisotopic (exact) mass is 226 g/mol. The molecule has 0 bridgehead atoms. The Morgan fingerprint density at radius 3 is 2.00 bits per heavy atom. The third kappa shape index (κ3) is 8.74. The molecule has 0 unspecified atom stereocenters. The van der Waals surface area contributed by atoms with Crippen LogP contribution in [0.3, 0.4) is 0 Å². The topological polar surface area (TPSA) is 98.8 Å². The van der Waals surface area contributed by atoms with Crippen molar-refractivity contribution in [3.63, 3.8) is 0 Å². The van der Waals surface area contributed by atoms with E-state index in [0.717, 1.165) is 0 Å². The first kappa shape index (κ1) is 13.4. The molecule has 0 spiro atoms. The second-order valence-electron chi connectivity index (χ2n) is 1.73. The van der Waals surface area contributed by atoms with Crippen LogP contribution in [0.2, 0.25) is 0 Å². The minimum atomic E-state index is -1.33. The van der Waals surface area contributed by atoms with E-state index in [2.05, 4.69) is 34.4 Å². The minimum absolute atomic E-state index is 0.0927. The summed E-state index contributed by atoms with van der Waals surface area (Å²) < 4.78 is 4.25. The maximum absolute atomic E-state index is 10.4. The molecule has 9 nitrogen and oxygen atoms in total. The molecule has 0 amide bonds. The lowest BCUT2D eigenvalue weighted by Gasteiger charge is -2.01. The van der Waals surface area contributed by atoms with Crippen LogP contribution in [0.15, 0.2) is 0 Å². The maximum Gasteiger partial charge on any atom is 0.575 e. The van der Waals surface area contributed by atoms with Crippen LogP contribution in [-0.4, -0.2) is 25.5 Å². The highest BCUT2D eigenvalue weighted by Gasteiger charge is 2.09. The van der Waals surface area contributed by atoms with Gasteiger partial charge in [0.05, 0.1) is 13.2 Å². The number of rotatable bonds is 6. The summed E-state index contributed by atoms with van der Waals surface area (Å²) >= 11 is 0. The Morgan fingerprint density at radius 2 is 1.47 bits per heavy atom. The lowest BCUT2D eigenvalue weighted by molar-refractivity contribution is -0.603. The molecule has 0 rings (SSSR count). The van der Waals surface area contributed by atoms with Crippen LogP contribution in [-0.2, 0) is 34.4 Å². The quantitative estimate of drug-likeness (QED) is 0.284. The van der Waals surface area contributed by atoms with Gasteiger partial charge in [-0.3, -0.25) is 4.89 Å². The Labute approximate surface area is 84.4 Å². The highest BCUT2D eigenvalue weighted by molar-refractivity contribution is 5.59. The van der Waals surface area contributed by atoms with Gasteiger partial charge < -0.3 is 4.74 Å². The zero-order valence-corrected chi connectivity index (χ0v) is 8.09. The molecule has 0 aromatic heterocycles. The van der Waals surface area contributed by atoms with Crippen LogP contribution in [0.4, 0.5) is 9.59 Å². The van der Waals surface area contributed by atoms with Crippen molar-refractivity contribution in [1.29, 1.82) is 0 Å². The maximum atomic E-state index is 10.4. The molecule has 0 aromatic rings. The highest BCUT2D eigenvalue weighted by Crippen LogP contribution is 1.92. The molecule has 88 valence electrons. The van der Waals surface area contributed by atoms with Gasteiger partial charge in [0.1, 0.15) is 0 Å². The van der Waals surface area contributed by atoms with Gasteiger partial charge >= 0.3 is 12.3 Å². The number of ether oxygens (including phenoxy) is 1. The smallest absolute Gasteiger partial charge is 0.433 e. The minimum Gasteiger partial charge on any atom is -0.433 e. The van der Waals surface area contributed by atoms with Crippen molar-refractivity contribution in [2.45, 2.75) is 13.8 Å². The summed E-state index contributed by atoms with van der Waals surface area (Å²) in [5, 5.41) is 7.28. The summed E-state index contributed by atoms with van der Waals surface area (Å²) in [6.45, 7) is 3.36. The molecular weight excluding hydrogens is 216 g/mol. The van der Waals surface area contributed by atoms with E-state index in [9.17, 15) is 9.59 Å². The van der Waals surface area contributed by atoms with Crippen molar-refractivity contribution in [2.75, 3.05) is 13.2 Å². The van der Waals surface area contributed by atoms with Gasteiger partial charge in [-0.2, -0.15) is 9.68 Å². The van der Waals surface area contributed by atoms with Gasteiger partial charge in [-0.15, -0.1) is 0 Å². The molecule has 0 radical (unpaired) electrons. The van der Waals surface area contributed by atoms with E-state index in [4.69, 9.17) is 0 Å². The first-order valence-electron chi connectivity index (χ1n) is 3.88. The van der Waals surface area contributed by atoms with Crippen LogP contribution in [0.5, 0.6) is 0 Å². The lowest BCUT2D eigenvalue weighted by atomic mass is 10.9. The lowest BCUT2D eigenvalue weighted by Crippen LogP contribution is -2.12. The molecule has 0 aliphatic rings. The fourth-order valence-electron chi connectivity index (χ4n) is 0.346. The average molecular weight is 226 g/mol.